The van der Waals surface area contributed by atoms with Crippen molar-refractivity contribution in [3.8, 4) is 0 Å². The lowest BCUT2D eigenvalue weighted by molar-refractivity contribution is -0.133. The Balaban J connectivity index is 0.00000182. The van der Waals surface area contributed by atoms with Gasteiger partial charge in [-0.1, -0.05) is 42.5 Å². The largest absolute Gasteiger partial charge is 0.382 e. The van der Waals surface area contributed by atoms with Crippen molar-refractivity contribution in [3.63, 3.8) is 0 Å². The van der Waals surface area contributed by atoms with Gasteiger partial charge < -0.3 is 16.0 Å². The Hall–Kier alpha value is -1.75. The molecule has 1 unspecified atom stereocenters. The first-order valence-electron chi connectivity index (χ1n) is 9.03. The van der Waals surface area contributed by atoms with Crippen LogP contribution in [0.4, 0.5) is 5.69 Å². The number of nitrogens with zero attached hydrogens (tertiary/aromatic N) is 1. The maximum atomic E-state index is 12.6. The van der Waals surface area contributed by atoms with Crippen LogP contribution in [-0.2, 0) is 11.2 Å². The molecule has 2 aromatic rings. The molecule has 0 aliphatic carbocycles. The first-order valence-corrected chi connectivity index (χ1v) is 9.03. The second-order valence-corrected chi connectivity index (χ2v) is 6.91. The van der Waals surface area contributed by atoms with Gasteiger partial charge in [-0.25, -0.2) is 0 Å². The minimum absolute atomic E-state index is 0. The number of aryl methyl sites for hydroxylation is 1. The molecule has 0 spiro atoms. The van der Waals surface area contributed by atoms with E-state index in [1.54, 1.807) is 0 Å². The number of carbonyl (C=O) groups is 1. The van der Waals surface area contributed by atoms with E-state index in [0.29, 0.717) is 12.5 Å². The summed E-state index contributed by atoms with van der Waals surface area (Å²) in [4.78, 5) is 14.5. The number of benzene rings is 2. The zero-order chi connectivity index (χ0) is 17.6. The second kappa shape index (κ2) is 11.2. The highest BCUT2D eigenvalue weighted by atomic mass is 35.5. The van der Waals surface area contributed by atoms with Gasteiger partial charge in [0.2, 0.25) is 5.91 Å². The highest BCUT2D eigenvalue weighted by molar-refractivity contribution is 5.85. The molecule has 1 aliphatic rings. The summed E-state index contributed by atoms with van der Waals surface area (Å²) in [5.74, 6) is 0.0675. The van der Waals surface area contributed by atoms with Gasteiger partial charge >= 0.3 is 0 Å². The predicted molar refractivity (Wildman–Crippen MR) is 117 cm³/mol. The molecule has 6 heteroatoms. The van der Waals surface area contributed by atoms with Crippen molar-refractivity contribution in [2.24, 2.45) is 5.73 Å². The number of piperidine rings is 1. The number of nitrogens with one attached hydrogen (secondary N) is 1. The summed E-state index contributed by atoms with van der Waals surface area (Å²) < 4.78 is 0. The van der Waals surface area contributed by atoms with Gasteiger partial charge in [-0.15, -0.1) is 24.8 Å². The Labute approximate surface area is 174 Å². The minimum Gasteiger partial charge on any atom is -0.382 e. The van der Waals surface area contributed by atoms with Crippen LogP contribution < -0.4 is 11.1 Å². The van der Waals surface area contributed by atoms with Crippen molar-refractivity contribution in [1.82, 2.24) is 4.90 Å². The number of likely N-dealkylation sites (tertiary alicyclic amines) is 1. The molecule has 1 atom stereocenters. The second-order valence-electron chi connectivity index (χ2n) is 6.91. The standard InChI is InChI=1S/C21H27N3O.2ClH/c1-16-6-5-9-19(14-16)23-18-10-12-24(13-11-18)21(25)20(22)15-17-7-3-2-4-8-17;;/h2-9,14,18,20,23H,10-13,15,22H2,1H3;2*1H. The number of nitrogens with two attached hydrogens (primary N) is 1. The predicted octanol–water partition coefficient (Wildman–Crippen LogP) is 3.81. The molecule has 1 fully saturated rings. The number of halogens is 2. The number of rotatable bonds is 5. The molecule has 3 N–H and O–H groups in total. The monoisotopic (exact) mass is 409 g/mol. The van der Waals surface area contributed by atoms with Crippen LogP contribution in [0.1, 0.15) is 24.0 Å². The molecule has 1 saturated heterocycles. The first-order chi connectivity index (χ1) is 12.1. The van der Waals surface area contributed by atoms with Gasteiger partial charge in [-0.05, 0) is 49.4 Å². The van der Waals surface area contributed by atoms with Crippen molar-refractivity contribution >= 4 is 36.4 Å². The van der Waals surface area contributed by atoms with Crippen molar-refractivity contribution in [2.75, 3.05) is 18.4 Å². The summed E-state index contributed by atoms with van der Waals surface area (Å²) >= 11 is 0. The molecule has 27 heavy (non-hydrogen) atoms. The number of hydrogen-bond acceptors (Lipinski definition) is 3. The molecule has 0 saturated carbocycles. The van der Waals surface area contributed by atoms with Crippen LogP contribution in [-0.4, -0.2) is 36.0 Å². The fourth-order valence-electron chi connectivity index (χ4n) is 3.40. The first kappa shape index (κ1) is 23.3. The molecule has 4 nitrogen and oxygen atoms in total. The smallest absolute Gasteiger partial charge is 0.239 e. The van der Waals surface area contributed by atoms with Crippen molar-refractivity contribution in [2.45, 2.75) is 38.3 Å². The highest BCUT2D eigenvalue weighted by Crippen LogP contribution is 2.18. The fourth-order valence-corrected chi connectivity index (χ4v) is 3.40. The number of amides is 1. The Morgan fingerprint density at radius 3 is 2.41 bits per heavy atom. The topological polar surface area (TPSA) is 58.4 Å². The molecule has 148 valence electrons. The summed E-state index contributed by atoms with van der Waals surface area (Å²) in [6.07, 6.45) is 2.51. The van der Waals surface area contributed by atoms with E-state index in [1.807, 2.05) is 35.2 Å². The number of hydrogen-bond donors (Lipinski definition) is 2. The molecule has 1 heterocycles. The van der Waals surface area contributed by atoms with Crippen molar-refractivity contribution < 1.29 is 4.79 Å². The average molecular weight is 410 g/mol. The van der Waals surface area contributed by atoms with E-state index in [0.717, 1.165) is 37.2 Å². The lowest BCUT2D eigenvalue weighted by Crippen LogP contribution is -2.49. The van der Waals surface area contributed by atoms with Crippen LogP contribution in [0.15, 0.2) is 54.6 Å². The fraction of sp³-hybridized carbons (Fsp3) is 0.381. The molecule has 0 radical (unpaired) electrons. The zero-order valence-electron chi connectivity index (χ0n) is 15.6. The third kappa shape index (κ3) is 6.73. The summed E-state index contributed by atoms with van der Waals surface area (Å²) in [5, 5.41) is 3.58. The normalized spacial score (nSPS) is 15.3. The molecular formula is C21H29Cl2N3O. The van der Waals surface area contributed by atoms with E-state index in [9.17, 15) is 4.79 Å². The van der Waals surface area contributed by atoms with Crippen LogP contribution in [0, 0.1) is 6.92 Å². The zero-order valence-corrected chi connectivity index (χ0v) is 17.3. The molecule has 0 bridgehead atoms. The maximum Gasteiger partial charge on any atom is 0.239 e. The minimum atomic E-state index is -0.455. The van der Waals surface area contributed by atoms with Crippen LogP contribution >= 0.6 is 24.8 Å². The highest BCUT2D eigenvalue weighted by Gasteiger charge is 2.26. The molecule has 1 aliphatic heterocycles. The van der Waals surface area contributed by atoms with Gasteiger partial charge in [0.1, 0.15) is 0 Å². The summed E-state index contributed by atoms with van der Waals surface area (Å²) in [7, 11) is 0. The SMILES string of the molecule is Cc1cccc(NC2CCN(C(=O)C(N)Cc3ccccc3)CC2)c1.Cl.Cl. The third-order valence-electron chi connectivity index (χ3n) is 4.81. The maximum absolute atomic E-state index is 12.6. The molecule has 2 aromatic carbocycles. The van der Waals surface area contributed by atoms with E-state index in [2.05, 4.69) is 36.5 Å². The van der Waals surface area contributed by atoms with Crippen LogP contribution in [0.3, 0.4) is 0 Å². The third-order valence-corrected chi connectivity index (χ3v) is 4.81. The van der Waals surface area contributed by atoms with Gasteiger partial charge in [0.05, 0.1) is 6.04 Å². The lowest BCUT2D eigenvalue weighted by atomic mass is 10.0. The number of anilines is 1. The Morgan fingerprint density at radius 1 is 1.11 bits per heavy atom. The van der Waals surface area contributed by atoms with Gasteiger partial charge in [0.15, 0.2) is 0 Å². The van der Waals surface area contributed by atoms with Crippen molar-refractivity contribution in [3.05, 3.63) is 65.7 Å². The molecule has 0 aromatic heterocycles. The molecular weight excluding hydrogens is 381 g/mol. The quantitative estimate of drug-likeness (QED) is 0.788. The van der Waals surface area contributed by atoms with E-state index in [1.165, 1.54) is 5.56 Å². The molecule has 1 amide bonds. The Bertz CT molecular complexity index is 704. The van der Waals surface area contributed by atoms with Gasteiger partial charge in [0.25, 0.3) is 0 Å². The summed E-state index contributed by atoms with van der Waals surface area (Å²) in [6, 6.07) is 18.4. The van der Waals surface area contributed by atoms with Crippen LogP contribution in [0.25, 0.3) is 0 Å². The van der Waals surface area contributed by atoms with Crippen LogP contribution in [0.2, 0.25) is 0 Å². The van der Waals surface area contributed by atoms with E-state index in [-0.39, 0.29) is 30.7 Å². The Kier molecular flexibility index (Phi) is 9.64. The lowest BCUT2D eigenvalue weighted by Gasteiger charge is -2.34. The van der Waals surface area contributed by atoms with Crippen LogP contribution in [0.5, 0.6) is 0 Å². The number of carbonyl (C=O) groups excluding carboxylic acids is 1. The summed E-state index contributed by atoms with van der Waals surface area (Å²) in [5.41, 5.74) is 9.67. The summed E-state index contributed by atoms with van der Waals surface area (Å²) in [6.45, 7) is 3.64. The van der Waals surface area contributed by atoms with Gasteiger partial charge in [-0.3, -0.25) is 4.79 Å². The van der Waals surface area contributed by atoms with Gasteiger partial charge in [0, 0.05) is 24.8 Å². The van der Waals surface area contributed by atoms with Gasteiger partial charge in [-0.2, -0.15) is 0 Å². The van der Waals surface area contributed by atoms with E-state index in [4.69, 9.17) is 5.73 Å². The van der Waals surface area contributed by atoms with Crippen molar-refractivity contribution in [1.29, 1.82) is 0 Å². The van der Waals surface area contributed by atoms with E-state index < -0.39 is 6.04 Å². The van der Waals surface area contributed by atoms with E-state index >= 15 is 0 Å². The average Bonchev–Trinajstić information content (AvgIpc) is 2.62. The Morgan fingerprint density at radius 2 is 1.78 bits per heavy atom. The molecule has 3 rings (SSSR count).